The minimum atomic E-state index is 0. The van der Waals surface area contributed by atoms with E-state index in [2.05, 4.69) is 39.2 Å². The third-order valence-corrected chi connectivity index (χ3v) is 4.98. The topological polar surface area (TPSA) is 49.3 Å². The number of nitrogens with zero attached hydrogens (tertiary/aromatic N) is 3. The van der Waals surface area contributed by atoms with Crippen LogP contribution in [0.5, 0.6) is 11.5 Å². The number of rotatable bonds is 6. The Morgan fingerprint density at radius 2 is 1.89 bits per heavy atom. The van der Waals surface area contributed by atoms with E-state index in [1.807, 2.05) is 31.3 Å². The van der Waals surface area contributed by atoms with E-state index < -0.39 is 0 Å². The molecule has 0 amide bonds. The monoisotopic (exact) mass is 486 g/mol. The van der Waals surface area contributed by atoms with Crippen LogP contribution in [0.25, 0.3) is 0 Å². The van der Waals surface area contributed by atoms with Gasteiger partial charge in [0.2, 0.25) is 0 Å². The molecule has 0 aliphatic carbocycles. The average Bonchev–Trinajstić information content (AvgIpc) is 3.34. The van der Waals surface area contributed by atoms with E-state index in [0.29, 0.717) is 12.6 Å². The van der Waals surface area contributed by atoms with Crippen LogP contribution < -0.4 is 14.8 Å². The summed E-state index contributed by atoms with van der Waals surface area (Å²) in [7, 11) is 3.51. The van der Waals surface area contributed by atoms with Gasteiger partial charge in [-0.05, 0) is 37.6 Å². The van der Waals surface area contributed by atoms with Crippen molar-refractivity contribution in [2.75, 3.05) is 46.9 Å². The molecule has 2 heterocycles. The van der Waals surface area contributed by atoms with Crippen molar-refractivity contribution in [1.29, 1.82) is 0 Å². The number of likely N-dealkylation sites (tertiary alicyclic amines) is 1. The fraction of sp³-hybridized carbons (Fsp3) is 0.550. The predicted molar refractivity (Wildman–Crippen MR) is 121 cm³/mol. The standard InChI is InChI=1S/C20H30N4O2.HI/c1-16(26-19-8-6-18(25-3)7-9-19)14-22-20(21-2)24-13-10-17(15-24)23-11-4-5-12-23;/h4-9,16-17H,10-15H2,1-3H3,(H,21,22);1H. The fourth-order valence-corrected chi connectivity index (χ4v) is 3.52. The highest BCUT2D eigenvalue weighted by Crippen LogP contribution is 2.19. The Bertz CT molecular complexity index is 627. The molecule has 27 heavy (non-hydrogen) atoms. The third kappa shape index (κ3) is 6.00. The zero-order chi connectivity index (χ0) is 18.4. The van der Waals surface area contributed by atoms with Crippen molar-refractivity contribution in [2.45, 2.75) is 25.5 Å². The van der Waals surface area contributed by atoms with Crippen LogP contribution in [0.2, 0.25) is 0 Å². The molecule has 0 bridgehead atoms. The van der Waals surface area contributed by atoms with Crippen LogP contribution >= 0.6 is 24.0 Å². The Kier molecular flexibility index (Phi) is 8.69. The van der Waals surface area contributed by atoms with Gasteiger partial charge < -0.3 is 19.7 Å². The zero-order valence-corrected chi connectivity index (χ0v) is 18.8. The molecule has 1 saturated heterocycles. The number of halogens is 1. The van der Waals surface area contributed by atoms with Gasteiger partial charge in [0.05, 0.1) is 13.7 Å². The largest absolute Gasteiger partial charge is 0.497 e. The van der Waals surface area contributed by atoms with Crippen LogP contribution in [-0.4, -0.2) is 74.8 Å². The summed E-state index contributed by atoms with van der Waals surface area (Å²) in [6.45, 7) is 7.02. The normalized spacial score (nSPS) is 21.1. The van der Waals surface area contributed by atoms with Gasteiger partial charge in [-0.25, -0.2) is 0 Å². The van der Waals surface area contributed by atoms with E-state index in [-0.39, 0.29) is 30.1 Å². The van der Waals surface area contributed by atoms with Gasteiger partial charge in [0.25, 0.3) is 0 Å². The molecule has 2 aliphatic heterocycles. The summed E-state index contributed by atoms with van der Waals surface area (Å²) in [6, 6.07) is 8.30. The van der Waals surface area contributed by atoms with Crippen molar-refractivity contribution in [3.63, 3.8) is 0 Å². The van der Waals surface area contributed by atoms with Gasteiger partial charge in [-0.1, -0.05) is 12.2 Å². The van der Waals surface area contributed by atoms with E-state index in [1.165, 1.54) is 6.42 Å². The van der Waals surface area contributed by atoms with E-state index in [1.54, 1.807) is 7.11 Å². The highest BCUT2D eigenvalue weighted by Gasteiger charge is 2.29. The maximum atomic E-state index is 5.97. The molecule has 0 radical (unpaired) electrons. The molecule has 2 atom stereocenters. The number of methoxy groups -OCH3 is 1. The molecule has 0 spiro atoms. The van der Waals surface area contributed by atoms with Crippen LogP contribution in [0.15, 0.2) is 41.4 Å². The number of aliphatic imine (C=N–C) groups is 1. The van der Waals surface area contributed by atoms with Crippen molar-refractivity contribution in [3.8, 4) is 11.5 Å². The molecule has 2 unspecified atom stereocenters. The van der Waals surface area contributed by atoms with Gasteiger partial charge in [0, 0.05) is 39.3 Å². The molecule has 6 nitrogen and oxygen atoms in total. The average molecular weight is 486 g/mol. The summed E-state index contributed by atoms with van der Waals surface area (Å²) in [5.74, 6) is 2.64. The second-order valence-corrected chi connectivity index (χ2v) is 6.85. The Balaban J connectivity index is 0.00000261. The summed E-state index contributed by atoms with van der Waals surface area (Å²) >= 11 is 0. The Morgan fingerprint density at radius 1 is 1.22 bits per heavy atom. The van der Waals surface area contributed by atoms with Crippen LogP contribution in [0, 0.1) is 0 Å². The lowest BCUT2D eigenvalue weighted by Crippen LogP contribution is -2.45. The molecule has 1 aromatic carbocycles. The Hall–Kier alpha value is -1.48. The first-order chi connectivity index (χ1) is 12.7. The van der Waals surface area contributed by atoms with Crippen molar-refractivity contribution >= 4 is 29.9 Å². The van der Waals surface area contributed by atoms with Gasteiger partial charge >= 0.3 is 0 Å². The molecular formula is C20H31IN4O2. The third-order valence-electron chi connectivity index (χ3n) is 4.98. The first-order valence-electron chi connectivity index (χ1n) is 9.35. The Morgan fingerprint density at radius 3 is 2.52 bits per heavy atom. The highest BCUT2D eigenvalue weighted by atomic mass is 127. The molecule has 1 fully saturated rings. The minimum absolute atomic E-state index is 0. The lowest BCUT2D eigenvalue weighted by molar-refractivity contribution is 0.221. The lowest BCUT2D eigenvalue weighted by Gasteiger charge is -2.26. The van der Waals surface area contributed by atoms with Gasteiger partial charge in [-0.15, -0.1) is 24.0 Å². The van der Waals surface area contributed by atoms with E-state index >= 15 is 0 Å². The maximum Gasteiger partial charge on any atom is 0.193 e. The summed E-state index contributed by atoms with van der Waals surface area (Å²) in [5.41, 5.74) is 0. The van der Waals surface area contributed by atoms with Crippen LogP contribution in [0.3, 0.4) is 0 Å². The van der Waals surface area contributed by atoms with Crippen LogP contribution in [-0.2, 0) is 0 Å². The molecule has 0 saturated carbocycles. The second-order valence-electron chi connectivity index (χ2n) is 6.85. The fourth-order valence-electron chi connectivity index (χ4n) is 3.52. The van der Waals surface area contributed by atoms with Crippen molar-refractivity contribution in [2.24, 2.45) is 4.99 Å². The van der Waals surface area contributed by atoms with E-state index in [0.717, 1.165) is 43.6 Å². The SMILES string of the molecule is CN=C(NCC(C)Oc1ccc(OC)cc1)N1CCC(N2CC=CC2)C1.I. The summed E-state index contributed by atoms with van der Waals surface area (Å²) in [4.78, 5) is 9.34. The Labute approximate surface area is 179 Å². The van der Waals surface area contributed by atoms with Crippen LogP contribution in [0.1, 0.15) is 13.3 Å². The molecule has 1 N–H and O–H groups in total. The minimum Gasteiger partial charge on any atom is -0.497 e. The molecular weight excluding hydrogens is 455 g/mol. The summed E-state index contributed by atoms with van der Waals surface area (Å²) in [6.07, 6.45) is 5.75. The van der Waals surface area contributed by atoms with Gasteiger partial charge in [0.1, 0.15) is 17.6 Å². The number of ether oxygens (including phenoxy) is 2. The number of guanidine groups is 1. The smallest absolute Gasteiger partial charge is 0.193 e. The number of nitrogens with one attached hydrogen (secondary N) is 1. The maximum absolute atomic E-state index is 5.97. The molecule has 7 heteroatoms. The quantitative estimate of drug-likeness (QED) is 0.290. The number of benzene rings is 1. The molecule has 1 aromatic rings. The van der Waals surface area contributed by atoms with Crippen molar-refractivity contribution in [3.05, 3.63) is 36.4 Å². The highest BCUT2D eigenvalue weighted by molar-refractivity contribution is 14.0. The molecule has 2 aliphatic rings. The zero-order valence-electron chi connectivity index (χ0n) is 16.4. The number of hydrogen-bond donors (Lipinski definition) is 1. The first-order valence-corrected chi connectivity index (χ1v) is 9.35. The molecule has 0 aromatic heterocycles. The van der Waals surface area contributed by atoms with E-state index in [9.17, 15) is 0 Å². The predicted octanol–water partition coefficient (Wildman–Crippen LogP) is 2.60. The van der Waals surface area contributed by atoms with Gasteiger partial charge in [-0.2, -0.15) is 0 Å². The lowest BCUT2D eigenvalue weighted by atomic mass is 10.2. The first kappa shape index (κ1) is 21.8. The van der Waals surface area contributed by atoms with Gasteiger partial charge in [0.15, 0.2) is 5.96 Å². The summed E-state index contributed by atoms with van der Waals surface area (Å²) < 4.78 is 11.1. The van der Waals surface area contributed by atoms with Gasteiger partial charge in [-0.3, -0.25) is 9.89 Å². The number of hydrogen-bond acceptors (Lipinski definition) is 4. The van der Waals surface area contributed by atoms with Crippen molar-refractivity contribution < 1.29 is 9.47 Å². The molecule has 3 rings (SSSR count). The summed E-state index contributed by atoms with van der Waals surface area (Å²) in [5, 5.41) is 3.46. The van der Waals surface area contributed by atoms with Crippen molar-refractivity contribution in [1.82, 2.24) is 15.1 Å². The van der Waals surface area contributed by atoms with Crippen LogP contribution in [0.4, 0.5) is 0 Å². The second kappa shape index (κ2) is 10.8. The van der Waals surface area contributed by atoms with E-state index in [4.69, 9.17) is 9.47 Å². The molecule has 150 valence electrons.